The number of hydrogen-bond acceptors (Lipinski definition) is 16. The van der Waals surface area contributed by atoms with Gasteiger partial charge in [0.2, 0.25) is 5.89 Å². The van der Waals surface area contributed by atoms with Crippen LogP contribution in [0.1, 0.15) is 107 Å². The molecule has 0 fully saturated rings. The van der Waals surface area contributed by atoms with E-state index >= 15 is 0 Å². The Labute approximate surface area is 389 Å². The average molecular weight is 1020 g/mol. The van der Waals surface area contributed by atoms with Crippen molar-refractivity contribution in [1.29, 1.82) is 10.8 Å². The lowest BCUT2D eigenvalue weighted by Crippen LogP contribution is -2.41. The standard InChI is InChI=1S/C20H21IN4O3.C15H18N2O4.C8H15NO4.N2.H3N/c1-12(23-19(27)28-20(2,3)4)17-24-16-15(6-5-11-22-16)18(26)25(17)14-9-7-13(21)8-10-14;1-9(16-14(19)21-15(2,3)4)12-17-11-8-6-5-7-10(11)13(18)20-12;1-5(6(10)11)9-7(12)13-8(2,3)4;1-2;/h5-12H,1-4H3,(H,23,27);5-9H,1-4H3,(H,16,19);5H,1-4H3,(H,9,12)(H,10,11);;1H3/t12-;9-;5-;;/m111../s1. The number of aromatic nitrogens is 4. The molecule has 0 bridgehead atoms. The molecule has 0 aliphatic carbocycles. The van der Waals surface area contributed by atoms with Gasteiger partial charge >= 0.3 is 29.9 Å². The van der Waals surface area contributed by atoms with Gasteiger partial charge in [0.15, 0.2) is 5.65 Å². The zero-order chi connectivity index (χ0) is 48.7. The molecule has 2 aromatic carbocycles. The lowest BCUT2D eigenvalue weighted by molar-refractivity contribution is -0.139. The van der Waals surface area contributed by atoms with E-state index in [4.69, 9.17) is 34.5 Å². The van der Waals surface area contributed by atoms with E-state index in [9.17, 15) is 28.8 Å². The minimum absolute atomic E-state index is 0. The maximum absolute atomic E-state index is 13.2. The van der Waals surface area contributed by atoms with Gasteiger partial charge in [0.1, 0.15) is 34.7 Å². The third-order valence-electron chi connectivity index (χ3n) is 7.63. The number of fused-ring (bicyclic) bond motifs is 2. The van der Waals surface area contributed by atoms with E-state index < -0.39 is 64.8 Å². The molecule has 22 heteroatoms. The van der Waals surface area contributed by atoms with Gasteiger partial charge in [0.05, 0.1) is 28.0 Å². The number of carboxylic acid groups (broad SMARTS) is 1. The molecule has 3 atom stereocenters. The number of nitrogens with zero attached hydrogens (tertiary/aromatic N) is 6. The molecular formula is C43H57IN10O11. The second-order valence-electron chi connectivity index (χ2n) is 16.8. The number of nitrogens with one attached hydrogen (secondary N) is 3. The second-order valence-corrected chi connectivity index (χ2v) is 18.0. The van der Waals surface area contributed by atoms with Crippen molar-refractivity contribution in [2.45, 2.75) is 118 Å². The summed E-state index contributed by atoms with van der Waals surface area (Å²) in [5.74, 6) is -0.571. The minimum atomic E-state index is -1.09. The number of pyridine rings is 1. The van der Waals surface area contributed by atoms with Gasteiger partial charge in [0, 0.05) is 20.6 Å². The Morgan fingerprint density at radius 1 is 0.708 bits per heavy atom. The zero-order valence-corrected chi connectivity index (χ0v) is 40.5. The van der Waals surface area contributed by atoms with Gasteiger partial charge in [-0.15, -0.1) is 0 Å². The molecule has 0 saturated heterocycles. The number of para-hydroxylation sites is 1. The van der Waals surface area contributed by atoms with E-state index in [0.29, 0.717) is 33.4 Å². The van der Waals surface area contributed by atoms with Crippen molar-refractivity contribution in [3.63, 3.8) is 0 Å². The Morgan fingerprint density at radius 2 is 1.18 bits per heavy atom. The molecule has 3 aromatic heterocycles. The molecule has 3 heterocycles. The van der Waals surface area contributed by atoms with E-state index in [2.05, 4.69) is 53.5 Å². The number of halogens is 1. The number of carbonyl (C=O) groups excluding carboxylic acids is 3. The van der Waals surface area contributed by atoms with Crippen molar-refractivity contribution in [2.24, 2.45) is 0 Å². The molecule has 0 aliphatic heterocycles. The van der Waals surface area contributed by atoms with Gasteiger partial charge in [-0.3, -0.25) is 14.2 Å². The number of carbonyl (C=O) groups is 4. The van der Waals surface area contributed by atoms with Crippen LogP contribution in [0.3, 0.4) is 0 Å². The van der Waals surface area contributed by atoms with Gasteiger partial charge in [-0.05, 0) is 154 Å². The highest BCUT2D eigenvalue weighted by atomic mass is 127. The fourth-order valence-corrected chi connectivity index (χ4v) is 5.39. The van der Waals surface area contributed by atoms with Crippen LogP contribution in [0.5, 0.6) is 0 Å². The number of carboxylic acids is 1. The molecule has 7 N–H and O–H groups in total. The highest BCUT2D eigenvalue weighted by molar-refractivity contribution is 14.1. The van der Waals surface area contributed by atoms with Crippen molar-refractivity contribution >= 4 is 68.8 Å². The molecule has 5 rings (SSSR count). The van der Waals surface area contributed by atoms with Crippen LogP contribution in [-0.2, 0) is 19.0 Å². The molecular weight excluding hydrogens is 959 g/mol. The molecule has 0 spiro atoms. The Kier molecular flexibility index (Phi) is 21.1. The number of amides is 3. The van der Waals surface area contributed by atoms with E-state index in [-0.39, 0.29) is 17.6 Å². The molecule has 0 saturated carbocycles. The normalized spacial score (nSPS) is 12.3. The first kappa shape index (κ1) is 56.3. The maximum atomic E-state index is 13.2. The largest absolute Gasteiger partial charge is 0.480 e. The van der Waals surface area contributed by atoms with Gasteiger partial charge in [0.25, 0.3) is 5.56 Å². The number of benzene rings is 2. The van der Waals surface area contributed by atoms with Crippen LogP contribution in [0.4, 0.5) is 14.4 Å². The lowest BCUT2D eigenvalue weighted by Gasteiger charge is -2.23. The quantitative estimate of drug-likeness (QED) is 0.0587. The van der Waals surface area contributed by atoms with Crippen molar-refractivity contribution < 1.29 is 42.9 Å². The second kappa shape index (κ2) is 24.4. The summed E-state index contributed by atoms with van der Waals surface area (Å²) in [4.78, 5) is 83.3. The van der Waals surface area contributed by atoms with Gasteiger partial charge in [-0.2, -0.15) is 0 Å². The van der Waals surface area contributed by atoms with Crippen LogP contribution in [0.15, 0.2) is 80.9 Å². The van der Waals surface area contributed by atoms with Crippen LogP contribution < -0.4 is 33.3 Å². The molecule has 3 amide bonds. The first-order valence-corrected chi connectivity index (χ1v) is 20.7. The van der Waals surface area contributed by atoms with Crippen LogP contribution in [0.2, 0.25) is 0 Å². The Balaban J connectivity index is 0.000000506. The summed E-state index contributed by atoms with van der Waals surface area (Å²) < 4.78 is 23.0. The van der Waals surface area contributed by atoms with Gasteiger partial charge in [-0.25, -0.2) is 34.1 Å². The first-order valence-electron chi connectivity index (χ1n) is 19.6. The summed E-state index contributed by atoms with van der Waals surface area (Å²) in [5, 5.41) is 28.8. The Hall–Kier alpha value is -6.74. The van der Waals surface area contributed by atoms with E-state index in [1.165, 1.54) is 11.5 Å². The van der Waals surface area contributed by atoms with Crippen molar-refractivity contribution in [3.8, 4) is 5.69 Å². The number of alkyl carbamates (subject to hydrolysis) is 3. The third kappa shape index (κ3) is 18.9. The molecule has 5 aromatic rings. The number of rotatable bonds is 7. The summed E-state index contributed by atoms with van der Waals surface area (Å²) in [6, 6.07) is 15.7. The molecule has 352 valence electrons. The highest BCUT2D eigenvalue weighted by Crippen LogP contribution is 2.20. The van der Waals surface area contributed by atoms with Crippen molar-refractivity contribution in [1.82, 2.24) is 41.6 Å². The zero-order valence-electron chi connectivity index (χ0n) is 38.4. The summed E-state index contributed by atoms with van der Waals surface area (Å²) in [6.07, 6.45) is -0.306. The molecule has 65 heavy (non-hydrogen) atoms. The fourth-order valence-electron chi connectivity index (χ4n) is 5.03. The van der Waals surface area contributed by atoms with Crippen LogP contribution in [0.25, 0.3) is 27.6 Å². The number of hydrogen-bond donors (Lipinski definition) is 5. The Morgan fingerprint density at radius 3 is 1.69 bits per heavy atom. The predicted octanol–water partition coefficient (Wildman–Crippen LogP) is 7.92. The smallest absolute Gasteiger partial charge is 0.408 e. The molecule has 0 aliphatic rings. The predicted molar refractivity (Wildman–Crippen MR) is 249 cm³/mol. The molecule has 0 unspecified atom stereocenters. The first-order chi connectivity index (χ1) is 29.6. The van der Waals surface area contributed by atoms with Crippen molar-refractivity contribution in [3.05, 3.63) is 103 Å². The Bertz CT molecular complexity index is 2540. The summed E-state index contributed by atoms with van der Waals surface area (Å²) in [6.45, 7) is 20.6. The molecule has 0 radical (unpaired) electrons. The summed E-state index contributed by atoms with van der Waals surface area (Å²) >= 11 is 2.20. The lowest BCUT2D eigenvalue weighted by atomic mass is 10.2. The van der Waals surface area contributed by atoms with Gasteiger partial charge < -0.3 is 45.8 Å². The summed E-state index contributed by atoms with van der Waals surface area (Å²) in [5.41, 5.74) is -1.03. The van der Waals surface area contributed by atoms with Crippen LogP contribution in [-0.4, -0.2) is 71.7 Å². The van der Waals surface area contributed by atoms with E-state index in [0.717, 1.165) is 3.57 Å². The van der Waals surface area contributed by atoms with Gasteiger partial charge in [-0.1, -0.05) is 12.1 Å². The topological polar surface area (TPSA) is 326 Å². The average Bonchev–Trinajstić information content (AvgIpc) is 3.17. The van der Waals surface area contributed by atoms with Crippen molar-refractivity contribution in [2.75, 3.05) is 0 Å². The van der Waals surface area contributed by atoms with Crippen LogP contribution in [0, 0.1) is 14.4 Å². The fraction of sp³-hybridized carbons (Fsp3) is 0.419. The van der Waals surface area contributed by atoms with E-state index in [1.807, 2.05) is 24.3 Å². The number of ether oxygens (including phenoxy) is 3. The summed E-state index contributed by atoms with van der Waals surface area (Å²) in [7, 11) is 0. The minimum Gasteiger partial charge on any atom is -0.480 e. The van der Waals surface area contributed by atoms with E-state index in [1.54, 1.807) is 119 Å². The maximum Gasteiger partial charge on any atom is 0.408 e. The molecule has 21 nitrogen and oxygen atoms in total. The number of aliphatic carboxylic acids is 1. The van der Waals surface area contributed by atoms with Crippen LogP contribution >= 0.6 is 22.6 Å². The third-order valence-corrected chi connectivity index (χ3v) is 8.35. The highest BCUT2D eigenvalue weighted by Gasteiger charge is 2.24. The SMILES string of the molecule is C[C@@H](NC(=O)OC(C)(C)C)C(=O)O.C[C@@H](NC(=O)OC(C)(C)C)c1nc2ccccc2c(=O)o1.C[C@@H](NC(=O)OC(C)(C)C)c1nc2ncccc2c(=O)n1-c1ccc(I)cc1.N.N#N. The monoisotopic (exact) mass is 1020 g/mol.